The molecule has 2 aromatic heterocycles. The van der Waals surface area contributed by atoms with Crippen LogP contribution in [0.3, 0.4) is 0 Å². The molecule has 2 aromatic rings. The Morgan fingerprint density at radius 3 is 2.81 bits per heavy atom. The number of hydrogen-bond donors (Lipinski definition) is 1. The fourth-order valence-electron chi connectivity index (χ4n) is 1.68. The molecule has 0 atom stereocenters. The van der Waals surface area contributed by atoms with Crippen molar-refractivity contribution in [3.05, 3.63) is 29.8 Å². The van der Waals surface area contributed by atoms with Gasteiger partial charge in [-0.2, -0.15) is 10.2 Å². The molecule has 0 aromatic carbocycles. The van der Waals surface area contributed by atoms with Crippen molar-refractivity contribution in [1.29, 1.82) is 0 Å². The first kappa shape index (κ1) is 10.7. The van der Waals surface area contributed by atoms with E-state index in [-0.39, 0.29) is 0 Å². The van der Waals surface area contributed by atoms with Crippen LogP contribution in [0.15, 0.2) is 18.5 Å². The summed E-state index contributed by atoms with van der Waals surface area (Å²) in [4.78, 5) is 0. The third-order valence-corrected chi connectivity index (χ3v) is 2.63. The van der Waals surface area contributed by atoms with Crippen molar-refractivity contribution in [2.45, 2.75) is 26.9 Å². The molecule has 2 rings (SSSR count). The molecule has 0 saturated heterocycles. The molecule has 2 heterocycles. The highest BCUT2D eigenvalue weighted by Crippen LogP contribution is 2.14. The van der Waals surface area contributed by atoms with Gasteiger partial charge < -0.3 is 5.32 Å². The summed E-state index contributed by atoms with van der Waals surface area (Å²) in [7, 11) is 1.92. The molecule has 0 aliphatic carbocycles. The van der Waals surface area contributed by atoms with Crippen LogP contribution in [0.2, 0.25) is 0 Å². The number of nitrogens with zero attached hydrogens (tertiary/aromatic N) is 4. The minimum absolute atomic E-state index is 0.733. The quantitative estimate of drug-likeness (QED) is 0.848. The molecule has 0 radical (unpaired) electrons. The predicted octanol–water partition coefficient (Wildman–Crippen LogP) is 1.56. The van der Waals surface area contributed by atoms with Crippen molar-refractivity contribution in [2.24, 2.45) is 7.05 Å². The van der Waals surface area contributed by atoms with Crippen LogP contribution in [0.1, 0.15) is 18.3 Å². The van der Waals surface area contributed by atoms with Crippen LogP contribution in [0.25, 0.3) is 0 Å². The zero-order chi connectivity index (χ0) is 11.5. The molecule has 86 valence electrons. The number of anilines is 1. The van der Waals surface area contributed by atoms with Gasteiger partial charge in [-0.25, -0.2) is 0 Å². The molecule has 16 heavy (non-hydrogen) atoms. The maximum Gasteiger partial charge on any atom is 0.0815 e. The lowest BCUT2D eigenvalue weighted by molar-refractivity contribution is 0.640. The van der Waals surface area contributed by atoms with Crippen LogP contribution >= 0.6 is 0 Å². The molecule has 5 heteroatoms. The summed E-state index contributed by atoms with van der Waals surface area (Å²) >= 11 is 0. The monoisotopic (exact) mass is 219 g/mol. The summed E-state index contributed by atoms with van der Waals surface area (Å²) in [6, 6.07) is 2.01. The fraction of sp³-hybridized carbons (Fsp3) is 0.455. The summed E-state index contributed by atoms with van der Waals surface area (Å²) < 4.78 is 3.78. The van der Waals surface area contributed by atoms with E-state index < -0.39 is 0 Å². The highest BCUT2D eigenvalue weighted by Gasteiger charge is 2.04. The lowest BCUT2D eigenvalue weighted by Crippen LogP contribution is -2.03. The Balaban J connectivity index is 2.02. The van der Waals surface area contributed by atoms with E-state index in [9.17, 15) is 0 Å². The Kier molecular flexibility index (Phi) is 2.94. The van der Waals surface area contributed by atoms with Crippen molar-refractivity contribution in [3.8, 4) is 0 Å². The molecule has 0 bridgehead atoms. The van der Waals surface area contributed by atoms with E-state index in [1.54, 1.807) is 4.68 Å². The fourth-order valence-corrected chi connectivity index (χ4v) is 1.68. The van der Waals surface area contributed by atoms with E-state index in [4.69, 9.17) is 0 Å². The highest BCUT2D eigenvalue weighted by molar-refractivity contribution is 5.45. The lowest BCUT2D eigenvalue weighted by Gasteiger charge is -2.04. The summed E-state index contributed by atoms with van der Waals surface area (Å²) in [5, 5.41) is 11.9. The van der Waals surface area contributed by atoms with Crippen molar-refractivity contribution in [3.63, 3.8) is 0 Å². The van der Waals surface area contributed by atoms with Crippen LogP contribution in [0, 0.1) is 6.92 Å². The normalized spacial score (nSPS) is 10.7. The van der Waals surface area contributed by atoms with Crippen molar-refractivity contribution in [1.82, 2.24) is 19.6 Å². The zero-order valence-corrected chi connectivity index (χ0v) is 9.94. The number of aromatic nitrogens is 4. The van der Waals surface area contributed by atoms with Gasteiger partial charge in [0.25, 0.3) is 0 Å². The van der Waals surface area contributed by atoms with E-state index in [2.05, 4.69) is 29.4 Å². The van der Waals surface area contributed by atoms with Gasteiger partial charge in [-0.1, -0.05) is 0 Å². The molecule has 0 amide bonds. The minimum atomic E-state index is 0.733. The first-order valence-corrected chi connectivity index (χ1v) is 5.45. The molecule has 0 fully saturated rings. The van der Waals surface area contributed by atoms with Gasteiger partial charge in [-0.3, -0.25) is 9.36 Å². The third-order valence-electron chi connectivity index (χ3n) is 2.63. The van der Waals surface area contributed by atoms with Crippen molar-refractivity contribution in [2.75, 3.05) is 5.32 Å². The summed E-state index contributed by atoms with van der Waals surface area (Å²) in [5.74, 6) is 0. The second-order valence-electron chi connectivity index (χ2n) is 3.79. The zero-order valence-electron chi connectivity index (χ0n) is 9.94. The first-order chi connectivity index (χ1) is 7.70. The Morgan fingerprint density at radius 1 is 1.44 bits per heavy atom. The molecule has 0 spiro atoms. The van der Waals surface area contributed by atoms with Crippen molar-refractivity contribution >= 4 is 5.69 Å². The Morgan fingerprint density at radius 2 is 2.25 bits per heavy atom. The molecule has 5 nitrogen and oxygen atoms in total. The lowest BCUT2D eigenvalue weighted by atomic mass is 10.3. The molecular formula is C11H17N5. The summed E-state index contributed by atoms with van der Waals surface area (Å²) in [6.45, 7) is 5.79. The van der Waals surface area contributed by atoms with E-state index >= 15 is 0 Å². The highest BCUT2D eigenvalue weighted by atomic mass is 15.3. The smallest absolute Gasteiger partial charge is 0.0815 e. The number of aryl methyl sites for hydroxylation is 2. The van der Waals surface area contributed by atoms with Gasteiger partial charge in [0.2, 0.25) is 0 Å². The largest absolute Gasteiger partial charge is 0.377 e. The van der Waals surface area contributed by atoms with E-state index in [1.165, 1.54) is 5.69 Å². The second kappa shape index (κ2) is 4.38. The number of rotatable bonds is 4. The maximum absolute atomic E-state index is 4.31. The average Bonchev–Trinajstić information content (AvgIpc) is 2.83. The Hall–Kier alpha value is -1.78. The average molecular weight is 219 g/mol. The minimum Gasteiger partial charge on any atom is -0.377 e. The van der Waals surface area contributed by atoms with Gasteiger partial charge in [0, 0.05) is 19.8 Å². The number of nitrogens with one attached hydrogen (secondary N) is 1. The SMILES string of the molecule is CCn1ncc(NCc2ccn(C)n2)c1C. The van der Waals surface area contributed by atoms with Crippen LogP contribution in [-0.4, -0.2) is 19.6 Å². The van der Waals surface area contributed by atoms with Crippen LogP contribution in [-0.2, 0) is 20.1 Å². The predicted molar refractivity (Wildman–Crippen MR) is 63.2 cm³/mol. The van der Waals surface area contributed by atoms with E-state index in [0.29, 0.717) is 0 Å². The summed E-state index contributed by atoms with van der Waals surface area (Å²) in [6.07, 6.45) is 3.81. The van der Waals surface area contributed by atoms with Gasteiger partial charge in [-0.15, -0.1) is 0 Å². The molecular weight excluding hydrogens is 202 g/mol. The van der Waals surface area contributed by atoms with Gasteiger partial charge in [-0.05, 0) is 19.9 Å². The topological polar surface area (TPSA) is 47.7 Å². The maximum atomic E-state index is 4.31. The Bertz CT molecular complexity index is 468. The first-order valence-electron chi connectivity index (χ1n) is 5.45. The molecule has 0 saturated carbocycles. The van der Waals surface area contributed by atoms with Gasteiger partial charge in [0.15, 0.2) is 0 Å². The van der Waals surface area contributed by atoms with Gasteiger partial charge in [0.1, 0.15) is 0 Å². The molecule has 0 aliphatic rings. The molecule has 0 aliphatic heterocycles. The molecule has 0 unspecified atom stereocenters. The van der Waals surface area contributed by atoms with Gasteiger partial charge >= 0.3 is 0 Å². The van der Waals surface area contributed by atoms with Crippen LogP contribution in [0.5, 0.6) is 0 Å². The number of hydrogen-bond acceptors (Lipinski definition) is 3. The van der Waals surface area contributed by atoms with Crippen LogP contribution in [0.4, 0.5) is 5.69 Å². The molecule has 1 N–H and O–H groups in total. The summed E-state index contributed by atoms with van der Waals surface area (Å²) in [5.41, 5.74) is 3.28. The van der Waals surface area contributed by atoms with Crippen LogP contribution < -0.4 is 5.32 Å². The van der Waals surface area contributed by atoms with Crippen molar-refractivity contribution < 1.29 is 0 Å². The Labute approximate surface area is 95.1 Å². The second-order valence-corrected chi connectivity index (χ2v) is 3.79. The third kappa shape index (κ3) is 2.08. The standard InChI is InChI=1S/C11H17N5/c1-4-16-9(2)11(8-13-16)12-7-10-5-6-15(3)14-10/h5-6,8,12H,4,7H2,1-3H3. The van der Waals surface area contributed by atoms with E-state index in [1.807, 2.05) is 30.2 Å². The van der Waals surface area contributed by atoms with E-state index in [0.717, 1.165) is 24.5 Å². The van der Waals surface area contributed by atoms with Gasteiger partial charge in [0.05, 0.1) is 29.8 Å².